The Morgan fingerprint density at radius 2 is 1.85 bits per heavy atom. The van der Waals surface area contributed by atoms with Crippen molar-refractivity contribution in [2.75, 3.05) is 29.9 Å². The highest BCUT2D eigenvalue weighted by Gasteiger charge is 2.17. The number of benzene rings is 2. The molecular formula is C23H23N5O4S. The molecule has 0 aliphatic rings. The van der Waals surface area contributed by atoms with Crippen LogP contribution in [0.15, 0.2) is 60.9 Å². The van der Waals surface area contributed by atoms with Crippen molar-refractivity contribution in [2.24, 2.45) is 0 Å². The topological polar surface area (TPSA) is 129 Å². The van der Waals surface area contributed by atoms with Crippen molar-refractivity contribution in [1.29, 1.82) is 0 Å². The molecule has 0 saturated carbocycles. The molecule has 2 heterocycles. The molecule has 0 bridgehead atoms. The minimum atomic E-state index is -3.57. The number of hydrogen-bond donors (Lipinski definition) is 2. The van der Waals surface area contributed by atoms with E-state index in [0.29, 0.717) is 34.0 Å². The number of nitrogens with zero attached hydrogens (tertiary/aromatic N) is 3. The molecule has 4 aromatic rings. The molecule has 2 aromatic carbocycles. The number of ether oxygens (including phenoxy) is 2. The molecule has 0 radical (unpaired) electrons. The second-order valence-electron chi connectivity index (χ2n) is 7.28. The van der Waals surface area contributed by atoms with Gasteiger partial charge in [-0.05, 0) is 36.8 Å². The number of fused-ring (bicyclic) bond motifs is 1. The fourth-order valence-electron chi connectivity index (χ4n) is 3.36. The fourth-order valence-corrected chi connectivity index (χ4v) is 4.36. The van der Waals surface area contributed by atoms with E-state index in [1.807, 2.05) is 31.2 Å². The Labute approximate surface area is 191 Å². The number of sulfonamides is 1. The van der Waals surface area contributed by atoms with Gasteiger partial charge in [0.25, 0.3) is 0 Å². The van der Waals surface area contributed by atoms with Gasteiger partial charge in [0.05, 0.1) is 29.3 Å². The first-order chi connectivity index (χ1) is 15.9. The van der Waals surface area contributed by atoms with E-state index in [-0.39, 0.29) is 18.3 Å². The van der Waals surface area contributed by atoms with Gasteiger partial charge in [0.15, 0.2) is 0 Å². The van der Waals surface area contributed by atoms with E-state index in [1.54, 1.807) is 36.7 Å². The lowest BCUT2D eigenvalue weighted by Crippen LogP contribution is -2.19. The van der Waals surface area contributed by atoms with Crippen LogP contribution in [-0.4, -0.2) is 42.8 Å². The van der Waals surface area contributed by atoms with E-state index in [4.69, 9.17) is 15.2 Å². The van der Waals surface area contributed by atoms with Crippen LogP contribution in [0.1, 0.15) is 5.56 Å². The van der Waals surface area contributed by atoms with Gasteiger partial charge in [-0.1, -0.05) is 24.3 Å². The number of nitrogens with one attached hydrogen (secondary N) is 1. The van der Waals surface area contributed by atoms with Gasteiger partial charge in [-0.25, -0.2) is 23.4 Å². The summed E-state index contributed by atoms with van der Waals surface area (Å²) in [5.41, 5.74) is 8.30. The molecule has 2 aromatic heterocycles. The molecule has 0 amide bonds. The van der Waals surface area contributed by atoms with E-state index in [9.17, 15) is 8.42 Å². The first-order valence-corrected chi connectivity index (χ1v) is 11.8. The SMILES string of the molecule is COCCS(=O)(=O)Nc1cccc2c(Oc3ncccc3-c3ccnc(N)n3)c(C)ccc12. The van der Waals surface area contributed by atoms with Crippen molar-refractivity contribution in [3.63, 3.8) is 0 Å². The molecule has 0 spiro atoms. The van der Waals surface area contributed by atoms with Gasteiger partial charge in [-0.2, -0.15) is 0 Å². The molecule has 0 aliphatic heterocycles. The number of pyridine rings is 1. The largest absolute Gasteiger partial charge is 0.437 e. The third-order valence-electron chi connectivity index (χ3n) is 4.95. The van der Waals surface area contributed by atoms with E-state index in [1.165, 1.54) is 7.11 Å². The van der Waals surface area contributed by atoms with Gasteiger partial charge in [-0.3, -0.25) is 4.72 Å². The van der Waals surface area contributed by atoms with Gasteiger partial charge in [0, 0.05) is 30.3 Å². The molecule has 0 atom stereocenters. The van der Waals surface area contributed by atoms with Gasteiger partial charge < -0.3 is 15.2 Å². The molecule has 10 heteroatoms. The number of rotatable bonds is 8. The summed E-state index contributed by atoms with van der Waals surface area (Å²) in [6.07, 6.45) is 3.19. The number of aromatic nitrogens is 3. The summed E-state index contributed by atoms with van der Waals surface area (Å²) < 4.78 is 38.7. The average molecular weight is 466 g/mol. The Kier molecular flexibility index (Phi) is 6.38. The maximum Gasteiger partial charge on any atom is 0.235 e. The van der Waals surface area contributed by atoms with Crippen LogP contribution in [0.4, 0.5) is 11.6 Å². The summed E-state index contributed by atoms with van der Waals surface area (Å²) in [7, 11) is -2.11. The quantitative estimate of drug-likeness (QED) is 0.402. The smallest absolute Gasteiger partial charge is 0.235 e. The first-order valence-electron chi connectivity index (χ1n) is 10.1. The third-order valence-corrected chi connectivity index (χ3v) is 6.19. The normalized spacial score (nSPS) is 11.5. The van der Waals surface area contributed by atoms with E-state index >= 15 is 0 Å². The zero-order chi connectivity index (χ0) is 23.4. The van der Waals surface area contributed by atoms with Crippen molar-refractivity contribution in [3.8, 4) is 22.9 Å². The molecule has 170 valence electrons. The summed E-state index contributed by atoms with van der Waals surface area (Å²) >= 11 is 0. The second-order valence-corrected chi connectivity index (χ2v) is 9.13. The number of anilines is 2. The Morgan fingerprint density at radius 3 is 2.64 bits per heavy atom. The monoisotopic (exact) mass is 465 g/mol. The van der Waals surface area contributed by atoms with Crippen LogP contribution < -0.4 is 15.2 Å². The number of hydrogen-bond acceptors (Lipinski definition) is 8. The van der Waals surface area contributed by atoms with Crippen molar-refractivity contribution in [3.05, 3.63) is 66.5 Å². The summed E-state index contributed by atoms with van der Waals surface area (Å²) in [6, 6.07) is 14.4. The van der Waals surface area contributed by atoms with Crippen molar-refractivity contribution in [1.82, 2.24) is 15.0 Å². The van der Waals surface area contributed by atoms with Crippen molar-refractivity contribution >= 4 is 32.4 Å². The molecule has 4 rings (SSSR count). The number of methoxy groups -OCH3 is 1. The van der Waals surface area contributed by atoms with Gasteiger partial charge >= 0.3 is 0 Å². The van der Waals surface area contributed by atoms with Crippen LogP contribution in [0.2, 0.25) is 0 Å². The Balaban J connectivity index is 1.77. The summed E-state index contributed by atoms with van der Waals surface area (Å²) in [4.78, 5) is 12.6. The maximum absolute atomic E-state index is 12.4. The molecule has 0 unspecified atom stereocenters. The van der Waals surface area contributed by atoms with Crippen LogP contribution in [0.5, 0.6) is 11.6 Å². The van der Waals surface area contributed by atoms with Crippen molar-refractivity contribution < 1.29 is 17.9 Å². The van der Waals surface area contributed by atoms with E-state index in [0.717, 1.165) is 10.9 Å². The van der Waals surface area contributed by atoms with E-state index in [2.05, 4.69) is 19.7 Å². The molecule has 33 heavy (non-hydrogen) atoms. The highest BCUT2D eigenvalue weighted by molar-refractivity contribution is 7.92. The maximum atomic E-state index is 12.4. The first kappa shape index (κ1) is 22.4. The summed E-state index contributed by atoms with van der Waals surface area (Å²) in [6.45, 7) is 2.01. The second kappa shape index (κ2) is 9.39. The standard InChI is InChI=1S/C23H23N5O4S/c1-15-8-9-16-17(5-3-7-20(16)28-33(29,30)14-13-31-2)21(15)32-22-18(6-4-11-25-22)19-10-12-26-23(24)27-19/h3-12,28H,13-14H2,1-2H3,(H2,24,26,27). The zero-order valence-electron chi connectivity index (χ0n) is 18.1. The predicted octanol–water partition coefficient (Wildman–Crippen LogP) is 3.76. The highest BCUT2D eigenvalue weighted by atomic mass is 32.2. The summed E-state index contributed by atoms with van der Waals surface area (Å²) in [5.74, 6) is 0.910. The lowest BCUT2D eigenvalue weighted by Gasteiger charge is -2.16. The van der Waals surface area contributed by atoms with Crippen LogP contribution in [0.3, 0.4) is 0 Å². The van der Waals surface area contributed by atoms with E-state index < -0.39 is 10.0 Å². The minimum absolute atomic E-state index is 0.101. The third kappa shape index (κ3) is 5.02. The Morgan fingerprint density at radius 1 is 1.00 bits per heavy atom. The predicted molar refractivity (Wildman–Crippen MR) is 128 cm³/mol. The molecule has 3 N–H and O–H groups in total. The van der Waals surface area contributed by atoms with Crippen LogP contribution in [-0.2, 0) is 14.8 Å². The fraction of sp³-hybridized carbons (Fsp3) is 0.174. The van der Waals surface area contributed by atoms with Gasteiger partial charge in [0.2, 0.25) is 21.9 Å². The average Bonchev–Trinajstić information content (AvgIpc) is 2.80. The molecule has 0 fully saturated rings. The number of nitrogen functional groups attached to an aromatic ring is 1. The van der Waals surface area contributed by atoms with Gasteiger partial charge in [0.1, 0.15) is 5.75 Å². The molecular weight excluding hydrogens is 442 g/mol. The van der Waals surface area contributed by atoms with Crippen LogP contribution >= 0.6 is 0 Å². The van der Waals surface area contributed by atoms with Gasteiger partial charge in [-0.15, -0.1) is 0 Å². The zero-order valence-corrected chi connectivity index (χ0v) is 19.0. The minimum Gasteiger partial charge on any atom is -0.437 e. The lowest BCUT2D eigenvalue weighted by molar-refractivity contribution is 0.217. The summed E-state index contributed by atoms with van der Waals surface area (Å²) in [5, 5.41) is 1.43. The Bertz CT molecular complexity index is 1410. The number of nitrogens with two attached hydrogens (primary N) is 1. The number of aryl methyl sites for hydroxylation is 1. The molecule has 0 aliphatic carbocycles. The highest BCUT2D eigenvalue weighted by Crippen LogP contribution is 2.38. The van der Waals surface area contributed by atoms with Crippen molar-refractivity contribution in [2.45, 2.75) is 6.92 Å². The lowest BCUT2D eigenvalue weighted by atomic mass is 10.0. The Hall–Kier alpha value is -3.76. The molecule has 0 saturated heterocycles. The van der Waals surface area contributed by atoms with Crippen LogP contribution in [0, 0.1) is 6.92 Å². The molecule has 9 nitrogen and oxygen atoms in total. The van der Waals surface area contributed by atoms with Crippen LogP contribution in [0.25, 0.3) is 22.0 Å².